The van der Waals surface area contributed by atoms with Crippen LogP contribution in [0.4, 0.5) is 14.5 Å². The number of hydrogen-bond acceptors (Lipinski definition) is 4. The van der Waals surface area contributed by atoms with Crippen molar-refractivity contribution in [1.29, 1.82) is 0 Å². The molecule has 26 heavy (non-hydrogen) atoms. The highest BCUT2D eigenvalue weighted by molar-refractivity contribution is 5.87. The molecule has 0 radical (unpaired) electrons. The molecule has 0 aliphatic rings. The van der Waals surface area contributed by atoms with Crippen LogP contribution in [-0.4, -0.2) is 16.3 Å². The van der Waals surface area contributed by atoms with Gasteiger partial charge < -0.3 is 9.52 Å². The zero-order valence-corrected chi connectivity index (χ0v) is 13.4. The van der Waals surface area contributed by atoms with Gasteiger partial charge in [0.05, 0.1) is 5.69 Å². The first-order valence-corrected chi connectivity index (χ1v) is 7.78. The number of nitrogens with zero attached hydrogens (tertiary/aromatic N) is 2. The first-order valence-electron chi connectivity index (χ1n) is 7.78. The van der Waals surface area contributed by atoms with Crippen LogP contribution >= 0.6 is 0 Å². The van der Waals surface area contributed by atoms with Gasteiger partial charge in [-0.05, 0) is 54.6 Å². The topological polar surface area (TPSA) is 58.6 Å². The first-order chi connectivity index (χ1) is 12.6. The maximum atomic E-state index is 13.3. The zero-order valence-electron chi connectivity index (χ0n) is 13.4. The van der Waals surface area contributed by atoms with Gasteiger partial charge in [0.15, 0.2) is 17.1 Å². The molecule has 128 valence electrons. The molecule has 0 bridgehead atoms. The molecule has 3 aromatic carbocycles. The Balaban J connectivity index is 1.66. The van der Waals surface area contributed by atoms with Gasteiger partial charge >= 0.3 is 0 Å². The molecule has 1 aromatic heterocycles. The second-order valence-corrected chi connectivity index (χ2v) is 5.61. The number of rotatable bonds is 3. The van der Waals surface area contributed by atoms with E-state index in [1.807, 2.05) is 0 Å². The standard InChI is InChI=1S/C20H12F2N2O2/c21-14-6-4-12(5-7-14)20-24-17-10-15(8-9-18(17)26-20)23-11-13-2-1-3-16(22)19(13)25/h1-11,25H. The Morgan fingerprint density at radius 1 is 1.00 bits per heavy atom. The Labute approximate surface area is 147 Å². The van der Waals surface area contributed by atoms with E-state index in [0.717, 1.165) is 0 Å². The number of oxazole rings is 1. The number of fused-ring (bicyclic) bond motifs is 1. The molecule has 0 fully saturated rings. The number of phenols is 1. The van der Waals surface area contributed by atoms with E-state index >= 15 is 0 Å². The lowest BCUT2D eigenvalue weighted by molar-refractivity contribution is 0.431. The Hall–Kier alpha value is -3.54. The van der Waals surface area contributed by atoms with Crippen LogP contribution in [-0.2, 0) is 0 Å². The maximum Gasteiger partial charge on any atom is 0.227 e. The van der Waals surface area contributed by atoms with Crippen LogP contribution in [0.25, 0.3) is 22.6 Å². The summed E-state index contributed by atoms with van der Waals surface area (Å²) in [6.45, 7) is 0. The fourth-order valence-corrected chi connectivity index (χ4v) is 2.49. The van der Waals surface area contributed by atoms with Gasteiger partial charge in [-0.1, -0.05) is 6.07 Å². The van der Waals surface area contributed by atoms with Crippen molar-refractivity contribution in [3.8, 4) is 17.2 Å². The van der Waals surface area contributed by atoms with Crippen LogP contribution in [0.15, 0.2) is 70.1 Å². The van der Waals surface area contributed by atoms with Crippen LogP contribution in [0.2, 0.25) is 0 Å². The summed E-state index contributed by atoms with van der Waals surface area (Å²) in [5.41, 5.74) is 2.66. The molecule has 4 nitrogen and oxygen atoms in total. The summed E-state index contributed by atoms with van der Waals surface area (Å²) in [5.74, 6) is -1.10. The van der Waals surface area contributed by atoms with Crippen LogP contribution < -0.4 is 0 Å². The van der Waals surface area contributed by atoms with Crippen molar-refractivity contribution in [3.63, 3.8) is 0 Å². The molecule has 0 unspecified atom stereocenters. The Morgan fingerprint density at radius 2 is 1.81 bits per heavy atom. The Kier molecular flexibility index (Phi) is 3.93. The Bertz CT molecular complexity index is 1120. The number of hydrogen-bond donors (Lipinski definition) is 1. The SMILES string of the molecule is Oc1c(F)cccc1C=Nc1ccc2oc(-c3ccc(F)cc3)nc2c1. The zero-order chi connectivity index (χ0) is 18.1. The van der Waals surface area contributed by atoms with Gasteiger partial charge in [0.2, 0.25) is 5.89 Å². The first kappa shape index (κ1) is 16.0. The summed E-state index contributed by atoms with van der Waals surface area (Å²) in [5, 5.41) is 9.68. The van der Waals surface area contributed by atoms with Gasteiger partial charge in [-0.2, -0.15) is 0 Å². The molecule has 4 aromatic rings. The van der Waals surface area contributed by atoms with E-state index in [2.05, 4.69) is 9.98 Å². The van der Waals surface area contributed by atoms with Crippen LogP contribution in [0.5, 0.6) is 5.75 Å². The normalized spacial score (nSPS) is 11.5. The number of para-hydroxylation sites is 1. The molecule has 0 aliphatic carbocycles. The summed E-state index contributed by atoms with van der Waals surface area (Å²) in [6, 6.07) is 15.2. The monoisotopic (exact) mass is 350 g/mol. The molecule has 1 heterocycles. The summed E-state index contributed by atoms with van der Waals surface area (Å²) >= 11 is 0. The van der Waals surface area contributed by atoms with Crippen LogP contribution in [0, 0.1) is 11.6 Å². The highest BCUT2D eigenvalue weighted by Crippen LogP contribution is 2.27. The lowest BCUT2D eigenvalue weighted by atomic mass is 10.2. The molecule has 0 spiro atoms. The third kappa shape index (κ3) is 3.04. The van der Waals surface area contributed by atoms with Crippen molar-refractivity contribution in [2.75, 3.05) is 0 Å². The number of aliphatic imine (C=N–C) groups is 1. The highest BCUT2D eigenvalue weighted by atomic mass is 19.1. The highest BCUT2D eigenvalue weighted by Gasteiger charge is 2.09. The molecular formula is C20H12F2N2O2. The average molecular weight is 350 g/mol. The second kappa shape index (κ2) is 6.40. The molecule has 6 heteroatoms. The molecule has 0 amide bonds. The van der Waals surface area contributed by atoms with E-state index < -0.39 is 11.6 Å². The van der Waals surface area contributed by atoms with Gasteiger partial charge in [0, 0.05) is 17.3 Å². The van der Waals surface area contributed by atoms with E-state index in [9.17, 15) is 13.9 Å². The van der Waals surface area contributed by atoms with Crippen molar-refractivity contribution in [1.82, 2.24) is 4.98 Å². The number of phenolic OH excluding ortho intramolecular Hbond substituents is 1. The van der Waals surface area contributed by atoms with Crippen molar-refractivity contribution in [3.05, 3.63) is 77.9 Å². The summed E-state index contributed by atoms with van der Waals surface area (Å²) in [4.78, 5) is 8.63. The lowest BCUT2D eigenvalue weighted by Gasteiger charge is -1.99. The predicted molar refractivity (Wildman–Crippen MR) is 94.7 cm³/mol. The third-order valence-corrected chi connectivity index (χ3v) is 3.83. The smallest absolute Gasteiger partial charge is 0.227 e. The quantitative estimate of drug-likeness (QED) is 0.515. The second-order valence-electron chi connectivity index (χ2n) is 5.61. The van der Waals surface area contributed by atoms with Crippen LogP contribution in [0.3, 0.4) is 0 Å². The van der Waals surface area contributed by atoms with Gasteiger partial charge in [-0.15, -0.1) is 0 Å². The van der Waals surface area contributed by atoms with Gasteiger partial charge in [0.1, 0.15) is 11.3 Å². The largest absolute Gasteiger partial charge is 0.504 e. The molecular weight excluding hydrogens is 338 g/mol. The van der Waals surface area contributed by atoms with Gasteiger partial charge in [-0.25, -0.2) is 13.8 Å². The molecule has 0 atom stereocenters. The third-order valence-electron chi connectivity index (χ3n) is 3.83. The van der Waals surface area contributed by atoms with Crippen molar-refractivity contribution >= 4 is 23.0 Å². The molecule has 4 rings (SSSR count). The molecule has 0 aliphatic heterocycles. The summed E-state index contributed by atoms with van der Waals surface area (Å²) in [6.07, 6.45) is 1.38. The van der Waals surface area contributed by atoms with Crippen molar-refractivity contribution < 1.29 is 18.3 Å². The molecule has 1 N–H and O–H groups in total. The maximum absolute atomic E-state index is 13.3. The fraction of sp³-hybridized carbons (Fsp3) is 0. The van der Waals surface area contributed by atoms with E-state index in [0.29, 0.717) is 28.2 Å². The van der Waals surface area contributed by atoms with E-state index in [1.165, 1.54) is 30.5 Å². The average Bonchev–Trinajstić information content (AvgIpc) is 3.07. The minimum absolute atomic E-state index is 0.275. The fourth-order valence-electron chi connectivity index (χ4n) is 2.49. The van der Waals surface area contributed by atoms with Crippen molar-refractivity contribution in [2.24, 2.45) is 4.99 Å². The summed E-state index contributed by atoms with van der Waals surface area (Å²) in [7, 11) is 0. The number of benzene rings is 3. The predicted octanol–water partition coefficient (Wildman–Crippen LogP) is 5.23. The van der Waals surface area contributed by atoms with Gasteiger partial charge in [-0.3, -0.25) is 4.99 Å². The minimum atomic E-state index is -0.704. The van der Waals surface area contributed by atoms with E-state index in [-0.39, 0.29) is 11.4 Å². The van der Waals surface area contributed by atoms with Crippen molar-refractivity contribution in [2.45, 2.75) is 0 Å². The minimum Gasteiger partial charge on any atom is -0.504 e. The van der Waals surface area contributed by atoms with Crippen LogP contribution in [0.1, 0.15) is 5.56 Å². The lowest BCUT2D eigenvalue weighted by Crippen LogP contribution is -1.85. The molecule has 0 saturated carbocycles. The number of aromatic hydroxyl groups is 1. The molecule has 0 saturated heterocycles. The van der Waals surface area contributed by atoms with E-state index in [4.69, 9.17) is 4.42 Å². The Morgan fingerprint density at radius 3 is 2.62 bits per heavy atom. The van der Waals surface area contributed by atoms with Gasteiger partial charge in [0.25, 0.3) is 0 Å². The number of halogens is 2. The van der Waals surface area contributed by atoms with E-state index in [1.54, 1.807) is 36.4 Å². The summed E-state index contributed by atoms with van der Waals surface area (Å²) < 4.78 is 32.0. The number of aromatic nitrogens is 1.